The predicted octanol–water partition coefficient (Wildman–Crippen LogP) is 4.69. The Balaban J connectivity index is 1.63. The molecule has 0 bridgehead atoms. The smallest absolute Gasteiger partial charge is 0.313 e. The zero-order chi connectivity index (χ0) is 20.2. The van der Waals surface area contributed by atoms with E-state index in [1.807, 2.05) is 31.2 Å². The third-order valence-electron chi connectivity index (χ3n) is 5.15. The Morgan fingerprint density at radius 1 is 1.14 bits per heavy atom. The largest absolute Gasteiger partial charge is 0.326 e. The van der Waals surface area contributed by atoms with Gasteiger partial charge in [-0.1, -0.05) is 30.2 Å². The molecule has 1 aromatic heterocycles. The van der Waals surface area contributed by atoms with Crippen LogP contribution in [0.5, 0.6) is 0 Å². The van der Waals surface area contributed by atoms with E-state index in [0.29, 0.717) is 17.2 Å². The number of rotatable bonds is 4. The zero-order valence-corrected chi connectivity index (χ0v) is 16.4. The van der Waals surface area contributed by atoms with Crippen LogP contribution in [0.1, 0.15) is 36.5 Å². The van der Waals surface area contributed by atoms with Crippen molar-refractivity contribution >= 4 is 17.4 Å². The minimum atomic E-state index is -0.393. The maximum absolute atomic E-state index is 13.9. The Morgan fingerprint density at radius 2 is 1.97 bits per heavy atom. The van der Waals surface area contributed by atoms with Crippen LogP contribution in [0.25, 0.3) is 0 Å². The lowest BCUT2D eigenvalue weighted by Gasteiger charge is -2.23. The second kappa shape index (κ2) is 8.43. The Morgan fingerprint density at radius 3 is 2.76 bits per heavy atom. The normalized spacial score (nSPS) is 13.4. The zero-order valence-electron chi connectivity index (χ0n) is 16.4. The van der Waals surface area contributed by atoms with Gasteiger partial charge in [0, 0.05) is 24.3 Å². The molecule has 7 heteroatoms. The lowest BCUT2D eigenvalue weighted by atomic mass is 10.2. The standard InChI is InChI=1S/C22H24FN5O/c1-16-9-11-18(12-10-16)24-22(29)28(19-7-5-6-17(23)14-19)15-21-26-25-20-8-3-2-4-13-27(20)21/h5-7,9-12,14H,2-4,8,13,15H2,1H3,(H,24,29). The molecule has 0 radical (unpaired) electrons. The van der Waals surface area contributed by atoms with Gasteiger partial charge in [0.05, 0.1) is 6.54 Å². The van der Waals surface area contributed by atoms with Crippen molar-refractivity contribution in [3.8, 4) is 0 Å². The van der Waals surface area contributed by atoms with Crippen LogP contribution in [0.15, 0.2) is 48.5 Å². The summed E-state index contributed by atoms with van der Waals surface area (Å²) in [6.45, 7) is 3.05. The highest BCUT2D eigenvalue weighted by Crippen LogP contribution is 2.22. The number of nitrogens with zero attached hydrogens (tertiary/aromatic N) is 4. The molecule has 2 heterocycles. The highest BCUT2D eigenvalue weighted by atomic mass is 19.1. The van der Waals surface area contributed by atoms with Crippen molar-refractivity contribution in [3.63, 3.8) is 0 Å². The Labute approximate surface area is 169 Å². The van der Waals surface area contributed by atoms with Gasteiger partial charge in [-0.3, -0.25) is 4.90 Å². The van der Waals surface area contributed by atoms with Gasteiger partial charge in [0.1, 0.15) is 11.6 Å². The van der Waals surface area contributed by atoms with Gasteiger partial charge < -0.3 is 9.88 Å². The van der Waals surface area contributed by atoms with Crippen molar-refractivity contribution in [2.75, 3.05) is 10.2 Å². The van der Waals surface area contributed by atoms with Crippen LogP contribution >= 0.6 is 0 Å². The fraction of sp³-hybridized carbons (Fsp3) is 0.318. The molecule has 3 aromatic rings. The highest BCUT2D eigenvalue weighted by molar-refractivity contribution is 6.01. The molecular formula is C22H24FN5O. The van der Waals surface area contributed by atoms with Crippen LogP contribution in [-0.4, -0.2) is 20.8 Å². The molecule has 1 N–H and O–H groups in total. The number of carbonyl (C=O) groups excluding carboxylic acids is 1. The number of anilines is 2. The summed E-state index contributed by atoms with van der Waals surface area (Å²) >= 11 is 0. The molecule has 0 saturated heterocycles. The molecule has 150 valence electrons. The summed E-state index contributed by atoms with van der Waals surface area (Å²) in [7, 11) is 0. The minimum Gasteiger partial charge on any atom is -0.313 e. The molecule has 0 spiro atoms. The third kappa shape index (κ3) is 4.45. The lowest BCUT2D eigenvalue weighted by Crippen LogP contribution is -2.35. The second-order valence-corrected chi connectivity index (χ2v) is 7.36. The average Bonchev–Trinajstić information content (AvgIpc) is 2.93. The number of aromatic nitrogens is 3. The van der Waals surface area contributed by atoms with Crippen molar-refractivity contribution in [2.45, 2.75) is 45.7 Å². The number of amides is 2. The van der Waals surface area contributed by atoms with Crippen LogP contribution in [-0.2, 0) is 19.5 Å². The number of aryl methyl sites for hydroxylation is 2. The molecule has 1 aliphatic heterocycles. The highest BCUT2D eigenvalue weighted by Gasteiger charge is 2.22. The van der Waals surface area contributed by atoms with Crippen LogP contribution in [0.4, 0.5) is 20.6 Å². The fourth-order valence-corrected chi connectivity index (χ4v) is 3.56. The number of urea groups is 1. The van der Waals surface area contributed by atoms with Crippen molar-refractivity contribution in [2.24, 2.45) is 0 Å². The first-order chi connectivity index (χ1) is 14.1. The monoisotopic (exact) mass is 393 g/mol. The van der Waals surface area contributed by atoms with E-state index < -0.39 is 5.82 Å². The van der Waals surface area contributed by atoms with Crippen molar-refractivity contribution in [1.82, 2.24) is 14.8 Å². The number of nitrogens with one attached hydrogen (secondary N) is 1. The van der Waals surface area contributed by atoms with Gasteiger partial charge in [-0.15, -0.1) is 10.2 Å². The number of hydrogen-bond acceptors (Lipinski definition) is 3. The topological polar surface area (TPSA) is 63.1 Å². The SMILES string of the molecule is Cc1ccc(NC(=O)N(Cc2nnc3n2CCCCC3)c2cccc(F)c2)cc1. The maximum Gasteiger partial charge on any atom is 0.326 e. The Kier molecular flexibility index (Phi) is 5.55. The second-order valence-electron chi connectivity index (χ2n) is 7.36. The number of benzene rings is 2. The molecule has 29 heavy (non-hydrogen) atoms. The van der Waals surface area contributed by atoms with Crippen molar-refractivity contribution in [3.05, 3.63) is 71.6 Å². The summed E-state index contributed by atoms with van der Waals surface area (Å²) in [6.07, 6.45) is 4.21. The van der Waals surface area contributed by atoms with Gasteiger partial charge in [-0.2, -0.15) is 0 Å². The maximum atomic E-state index is 13.9. The fourth-order valence-electron chi connectivity index (χ4n) is 3.56. The number of carbonyl (C=O) groups is 1. The van der Waals surface area contributed by atoms with E-state index in [1.165, 1.54) is 17.0 Å². The third-order valence-corrected chi connectivity index (χ3v) is 5.15. The summed E-state index contributed by atoms with van der Waals surface area (Å²) in [6, 6.07) is 13.3. The van der Waals surface area contributed by atoms with E-state index in [9.17, 15) is 9.18 Å². The molecule has 0 atom stereocenters. The molecule has 1 aliphatic rings. The molecule has 0 saturated carbocycles. The van der Waals surface area contributed by atoms with Gasteiger partial charge in [-0.25, -0.2) is 9.18 Å². The molecule has 0 fully saturated rings. The average molecular weight is 393 g/mol. The van der Waals surface area contributed by atoms with E-state index in [1.54, 1.807) is 12.1 Å². The molecule has 4 rings (SSSR count). The number of halogens is 1. The first-order valence-electron chi connectivity index (χ1n) is 9.92. The van der Waals surface area contributed by atoms with Crippen molar-refractivity contribution in [1.29, 1.82) is 0 Å². The van der Waals surface area contributed by atoms with E-state index >= 15 is 0 Å². The van der Waals surface area contributed by atoms with Gasteiger partial charge >= 0.3 is 6.03 Å². The van der Waals surface area contributed by atoms with E-state index in [-0.39, 0.29) is 12.6 Å². The molecular weight excluding hydrogens is 369 g/mol. The summed E-state index contributed by atoms with van der Waals surface area (Å²) in [4.78, 5) is 14.6. The lowest BCUT2D eigenvalue weighted by molar-refractivity contribution is 0.256. The quantitative estimate of drug-likeness (QED) is 0.699. The van der Waals surface area contributed by atoms with Gasteiger partial charge in [0.25, 0.3) is 0 Å². The minimum absolute atomic E-state index is 0.216. The van der Waals surface area contributed by atoms with E-state index in [2.05, 4.69) is 20.1 Å². The van der Waals surface area contributed by atoms with Gasteiger partial charge in [0.15, 0.2) is 5.82 Å². The molecule has 2 amide bonds. The van der Waals surface area contributed by atoms with Crippen LogP contribution in [0.3, 0.4) is 0 Å². The first-order valence-corrected chi connectivity index (χ1v) is 9.92. The molecule has 2 aromatic carbocycles. The van der Waals surface area contributed by atoms with Gasteiger partial charge in [0.2, 0.25) is 0 Å². The summed E-state index contributed by atoms with van der Waals surface area (Å²) < 4.78 is 16.0. The summed E-state index contributed by atoms with van der Waals surface area (Å²) in [5, 5.41) is 11.5. The molecule has 0 unspecified atom stereocenters. The Hall–Kier alpha value is -3.22. The van der Waals surface area contributed by atoms with E-state index in [4.69, 9.17) is 0 Å². The van der Waals surface area contributed by atoms with Crippen LogP contribution in [0, 0.1) is 12.7 Å². The van der Waals surface area contributed by atoms with E-state index in [0.717, 1.165) is 43.6 Å². The molecule has 6 nitrogen and oxygen atoms in total. The summed E-state index contributed by atoms with van der Waals surface area (Å²) in [5.74, 6) is 1.27. The predicted molar refractivity (Wildman–Crippen MR) is 110 cm³/mol. The van der Waals surface area contributed by atoms with Gasteiger partial charge in [-0.05, 0) is 50.1 Å². The Bertz CT molecular complexity index is 999. The first kappa shape index (κ1) is 19.1. The summed E-state index contributed by atoms with van der Waals surface area (Å²) in [5.41, 5.74) is 2.26. The molecule has 0 aliphatic carbocycles. The van der Waals surface area contributed by atoms with Crippen LogP contribution < -0.4 is 10.2 Å². The number of fused-ring (bicyclic) bond motifs is 1. The van der Waals surface area contributed by atoms with Crippen LogP contribution in [0.2, 0.25) is 0 Å². The number of hydrogen-bond donors (Lipinski definition) is 1. The van der Waals surface area contributed by atoms with Crippen molar-refractivity contribution < 1.29 is 9.18 Å².